The van der Waals surface area contributed by atoms with Crippen LogP contribution in [0.3, 0.4) is 0 Å². The molecule has 8 heteroatoms. The molecule has 2 amide bonds. The van der Waals surface area contributed by atoms with Gasteiger partial charge in [-0.1, -0.05) is 25.0 Å². The Morgan fingerprint density at radius 2 is 2.07 bits per heavy atom. The lowest BCUT2D eigenvalue weighted by atomic mass is 9.99. The summed E-state index contributed by atoms with van der Waals surface area (Å²) in [5, 5.41) is 11.8. The van der Waals surface area contributed by atoms with Crippen LogP contribution in [0.15, 0.2) is 6.20 Å². The molecule has 1 spiro atoms. The number of ether oxygens (including phenoxy) is 1. The molecule has 2 saturated heterocycles. The minimum atomic E-state index is 0.0627. The van der Waals surface area contributed by atoms with Crippen molar-refractivity contribution in [2.24, 2.45) is 0 Å². The highest BCUT2D eigenvalue weighted by atomic mass is 16.5. The number of piperidine rings is 1. The van der Waals surface area contributed by atoms with Crippen LogP contribution in [0.1, 0.15) is 63.6 Å². The number of carbonyl (C=O) groups is 1. The van der Waals surface area contributed by atoms with Gasteiger partial charge in [-0.15, -0.1) is 5.10 Å². The zero-order chi connectivity index (χ0) is 19.4. The van der Waals surface area contributed by atoms with Crippen molar-refractivity contribution in [1.82, 2.24) is 30.1 Å². The summed E-state index contributed by atoms with van der Waals surface area (Å²) in [4.78, 5) is 16.5. The monoisotopic (exact) mass is 390 g/mol. The molecule has 8 nitrogen and oxygen atoms in total. The first-order valence-corrected chi connectivity index (χ1v) is 11.0. The molecule has 0 aromatic carbocycles. The van der Waals surface area contributed by atoms with Crippen LogP contribution in [0.5, 0.6) is 0 Å². The molecule has 4 rings (SSSR count). The Kier molecular flexibility index (Phi) is 6.16. The molecule has 3 aliphatic rings. The Labute approximate surface area is 167 Å². The predicted octanol–water partition coefficient (Wildman–Crippen LogP) is 2.18. The minimum Gasteiger partial charge on any atom is -0.372 e. The third kappa shape index (κ3) is 4.49. The van der Waals surface area contributed by atoms with E-state index in [1.165, 1.54) is 25.7 Å². The maximum absolute atomic E-state index is 12.1. The molecule has 1 aliphatic carbocycles. The zero-order valence-electron chi connectivity index (χ0n) is 17.1. The number of nitrogens with zero attached hydrogens (tertiary/aromatic N) is 5. The van der Waals surface area contributed by atoms with E-state index >= 15 is 0 Å². The Morgan fingerprint density at radius 3 is 2.82 bits per heavy atom. The summed E-state index contributed by atoms with van der Waals surface area (Å²) in [6.07, 6.45) is 9.91. The standard InChI is InChI=1S/C20H34N6O2/c1-2-9-21-19(27)25-10-5-18(6-11-25)26-15-17(22-23-26)14-24-12-13-28-20(16-24)7-3-4-8-20/h15,18H,2-14,16H2,1H3,(H,21,27). The minimum absolute atomic E-state index is 0.0627. The quantitative estimate of drug-likeness (QED) is 0.834. The fourth-order valence-electron chi connectivity index (χ4n) is 4.85. The van der Waals surface area contributed by atoms with E-state index in [1.807, 2.05) is 9.58 Å². The number of amides is 2. The van der Waals surface area contributed by atoms with Crippen LogP contribution in [0.4, 0.5) is 4.79 Å². The Balaban J connectivity index is 1.27. The molecule has 1 saturated carbocycles. The van der Waals surface area contributed by atoms with Crippen LogP contribution in [-0.4, -0.2) is 75.8 Å². The van der Waals surface area contributed by atoms with Crippen molar-refractivity contribution in [3.05, 3.63) is 11.9 Å². The van der Waals surface area contributed by atoms with Crippen molar-refractivity contribution in [2.75, 3.05) is 39.3 Å². The average Bonchev–Trinajstić information content (AvgIpc) is 3.36. The van der Waals surface area contributed by atoms with Gasteiger partial charge in [0.2, 0.25) is 0 Å². The van der Waals surface area contributed by atoms with E-state index in [1.54, 1.807) is 0 Å². The molecule has 0 bridgehead atoms. The van der Waals surface area contributed by atoms with E-state index in [2.05, 4.69) is 33.6 Å². The molecule has 0 atom stereocenters. The molecule has 3 heterocycles. The highest BCUT2D eigenvalue weighted by Gasteiger charge is 2.39. The summed E-state index contributed by atoms with van der Waals surface area (Å²) in [5.41, 5.74) is 1.14. The first-order chi connectivity index (χ1) is 13.7. The summed E-state index contributed by atoms with van der Waals surface area (Å²) in [6, 6.07) is 0.398. The molecule has 156 valence electrons. The van der Waals surface area contributed by atoms with E-state index < -0.39 is 0 Å². The first kappa shape index (κ1) is 19.6. The van der Waals surface area contributed by atoms with E-state index in [0.29, 0.717) is 6.04 Å². The van der Waals surface area contributed by atoms with Crippen molar-refractivity contribution in [2.45, 2.75) is 70.1 Å². The lowest BCUT2D eigenvalue weighted by Crippen LogP contribution is -2.49. The van der Waals surface area contributed by atoms with E-state index in [4.69, 9.17) is 4.74 Å². The fraction of sp³-hybridized carbons (Fsp3) is 0.850. The van der Waals surface area contributed by atoms with Crippen molar-refractivity contribution in [3.8, 4) is 0 Å². The van der Waals surface area contributed by atoms with Crippen molar-refractivity contribution in [1.29, 1.82) is 0 Å². The van der Waals surface area contributed by atoms with Crippen LogP contribution in [0.25, 0.3) is 0 Å². The molecular formula is C20H34N6O2. The van der Waals surface area contributed by atoms with Gasteiger partial charge in [-0.05, 0) is 32.1 Å². The van der Waals surface area contributed by atoms with Gasteiger partial charge in [0.1, 0.15) is 0 Å². The third-order valence-electron chi connectivity index (χ3n) is 6.44. The molecule has 3 fully saturated rings. The number of rotatable bonds is 5. The second kappa shape index (κ2) is 8.78. The van der Waals surface area contributed by atoms with Gasteiger partial charge in [-0.25, -0.2) is 9.48 Å². The summed E-state index contributed by atoms with van der Waals surface area (Å²) in [7, 11) is 0. The zero-order valence-corrected chi connectivity index (χ0v) is 17.1. The summed E-state index contributed by atoms with van der Waals surface area (Å²) in [6.45, 7) is 8.04. The predicted molar refractivity (Wildman–Crippen MR) is 106 cm³/mol. The Hall–Kier alpha value is -1.67. The van der Waals surface area contributed by atoms with Gasteiger partial charge in [0.25, 0.3) is 0 Å². The molecule has 1 N–H and O–H groups in total. The van der Waals surface area contributed by atoms with Gasteiger partial charge in [0.15, 0.2) is 0 Å². The van der Waals surface area contributed by atoms with Gasteiger partial charge >= 0.3 is 6.03 Å². The Bertz CT molecular complexity index is 649. The second-order valence-corrected chi connectivity index (χ2v) is 8.59. The number of morpholine rings is 1. The molecule has 2 aliphatic heterocycles. The lowest BCUT2D eigenvalue weighted by molar-refractivity contribution is -0.107. The number of carbonyl (C=O) groups excluding carboxylic acids is 1. The van der Waals surface area contributed by atoms with Crippen LogP contribution in [0, 0.1) is 0 Å². The van der Waals surface area contributed by atoms with Gasteiger partial charge in [0.05, 0.1) is 30.1 Å². The number of urea groups is 1. The SMILES string of the molecule is CCCNC(=O)N1CCC(n2cc(CN3CCOC4(CCCC4)C3)nn2)CC1. The molecule has 0 unspecified atom stereocenters. The number of likely N-dealkylation sites (tertiary alicyclic amines) is 1. The van der Waals surface area contributed by atoms with Crippen molar-refractivity contribution >= 4 is 6.03 Å². The smallest absolute Gasteiger partial charge is 0.317 e. The number of nitrogens with one attached hydrogen (secondary N) is 1. The normalized spacial score (nSPS) is 23.4. The molecule has 1 aromatic rings. The second-order valence-electron chi connectivity index (χ2n) is 8.59. The van der Waals surface area contributed by atoms with Crippen molar-refractivity contribution in [3.63, 3.8) is 0 Å². The number of hydrogen-bond acceptors (Lipinski definition) is 5. The molecular weight excluding hydrogens is 356 g/mol. The van der Waals surface area contributed by atoms with E-state index in [-0.39, 0.29) is 11.6 Å². The fourth-order valence-corrected chi connectivity index (χ4v) is 4.85. The molecule has 28 heavy (non-hydrogen) atoms. The van der Waals surface area contributed by atoms with Gasteiger partial charge in [-0.2, -0.15) is 0 Å². The van der Waals surface area contributed by atoms with Crippen LogP contribution >= 0.6 is 0 Å². The van der Waals surface area contributed by atoms with Crippen LogP contribution in [-0.2, 0) is 11.3 Å². The average molecular weight is 391 g/mol. The summed E-state index contributed by atoms with van der Waals surface area (Å²) in [5.74, 6) is 0. The summed E-state index contributed by atoms with van der Waals surface area (Å²) >= 11 is 0. The molecule has 0 radical (unpaired) electrons. The maximum atomic E-state index is 12.1. The van der Waals surface area contributed by atoms with E-state index in [0.717, 1.165) is 70.8 Å². The number of aromatic nitrogens is 3. The van der Waals surface area contributed by atoms with Gasteiger partial charge < -0.3 is 15.0 Å². The third-order valence-corrected chi connectivity index (χ3v) is 6.44. The maximum Gasteiger partial charge on any atom is 0.317 e. The van der Waals surface area contributed by atoms with Crippen molar-refractivity contribution < 1.29 is 9.53 Å². The molecule has 1 aromatic heterocycles. The van der Waals surface area contributed by atoms with Crippen LogP contribution < -0.4 is 5.32 Å². The highest BCUT2D eigenvalue weighted by molar-refractivity contribution is 5.74. The highest BCUT2D eigenvalue weighted by Crippen LogP contribution is 2.36. The van der Waals surface area contributed by atoms with Crippen LogP contribution in [0.2, 0.25) is 0 Å². The topological polar surface area (TPSA) is 75.5 Å². The van der Waals surface area contributed by atoms with Gasteiger partial charge in [0, 0.05) is 39.3 Å². The number of hydrogen-bond donors (Lipinski definition) is 1. The largest absolute Gasteiger partial charge is 0.372 e. The first-order valence-electron chi connectivity index (χ1n) is 11.0. The van der Waals surface area contributed by atoms with E-state index in [9.17, 15) is 4.79 Å². The lowest BCUT2D eigenvalue weighted by Gasteiger charge is -2.40. The summed E-state index contributed by atoms with van der Waals surface area (Å²) < 4.78 is 8.14. The Morgan fingerprint density at radius 1 is 1.29 bits per heavy atom. The van der Waals surface area contributed by atoms with Gasteiger partial charge in [-0.3, -0.25) is 4.90 Å².